The van der Waals surface area contributed by atoms with Crippen molar-refractivity contribution in [2.75, 3.05) is 6.16 Å². The molecular weight excluding hydrogens is 177 g/mol. The Morgan fingerprint density at radius 3 is 2.25 bits per heavy atom. The first-order valence-electron chi connectivity index (χ1n) is 4.63. The van der Waals surface area contributed by atoms with Crippen molar-refractivity contribution in [2.24, 2.45) is 0 Å². The molecule has 0 heterocycles. The number of rotatable bonds is 6. The lowest BCUT2D eigenvalue weighted by Crippen LogP contribution is -2.25. The fourth-order valence-electron chi connectivity index (χ4n) is 1.14. The van der Waals surface area contributed by atoms with Gasteiger partial charge in [-0.25, -0.2) is 8.78 Å². The Kier molecular flexibility index (Phi) is 6.00. The van der Waals surface area contributed by atoms with Gasteiger partial charge in [0, 0.05) is 5.66 Å². The fraction of sp³-hybridized carbons (Fsp3) is 1.00. The lowest BCUT2D eigenvalue weighted by atomic mass is 10.2. The second-order valence-electron chi connectivity index (χ2n) is 3.22. The number of hydrogen-bond donors (Lipinski definition) is 0. The molecule has 2 unspecified atom stereocenters. The molecule has 0 aliphatic carbocycles. The molecule has 74 valence electrons. The molecule has 0 fully saturated rings. The highest BCUT2D eigenvalue weighted by atomic mass is 31.1. The van der Waals surface area contributed by atoms with E-state index < -0.39 is 5.92 Å². The van der Waals surface area contributed by atoms with Gasteiger partial charge in [-0.15, -0.1) is 8.58 Å². The minimum absolute atomic E-state index is 0.385. The van der Waals surface area contributed by atoms with Gasteiger partial charge < -0.3 is 0 Å². The second-order valence-corrected chi connectivity index (χ2v) is 4.83. The first kappa shape index (κ1) is 12.3. The smallest absolute Gasteiger partial charge is 0.207 e. The molecule has 0 aliphatic heterocycles. The van der Waals surface area contributed by atoms with Crippen LogP contribution in [0.3, 0.4) is 0 Å². The Labute approximate surface area is 75.9 Å². The van der Waals surface area contributed by atoms with Crippen molar-refractivity contribution in [2.45, 2.75) is 51.6 Å². The molecule has 0 nitrogen and oxygen atoms in total. The zero-order valence-electron chi connectivity index (χ0n) is 8.16. The van der Waals surface area contributed by atoms with Gasteiger partial charge in [0.15, 0.2) is 0 Å². The molecule has 0 rings (SSSR count). The molecule has 0 bridgehead atoms. The second kappa shape index (κ2) is 5.85. The van der Waals surface area contributed by atoms with Gasteiger partial charge in [-0.1, -0.05) is 20.3 Å². The monoisotopic (exact) mass is 196 g/mol. The van der Waals surface area contributed by atoms with Gasteiger partial charge in [0.25, 0.3) is 5.92 Å². The average Bonchev–Trinajstić information content (AvgIpc) is 1.95. The van der Waals surface area contributed by atoms with Crippen LogP contribution in [0.25, 0.3) is 0 Å². The van der Waals surface area contributed by atoms with Gasteiger partial charge in [-0.2, -0.15) is 0 Å². The van der Waals surface area contributed by atoms with Crippen molar-refractivity contribution in [3.8, 4) is 0 Å². The van der Waals surface area contributed by atoms with E-state index in [1.807, 2.05) is 6.92 Å². The topological polar surface area (TPSA) is 0 Å². The van der Waals surface area contributed by atoms with E-state index in [1.165, 1.54) is 0 Å². The van der Waals surface area contributed by atoms with Crippen molar-refractivity contribution in [1.82, 2.24) is 0 Å². The van der Waals surface area contributed by atoms with E-state index in [0.29, 0.717) is 15.0 Å². The molecule has 2 atom stereocenters. The summed E-state index contributed by atoms with van der Waals surface area (Å²) in [7, 11) is 0.432. The van der Waals surface area contributed by atoms with Crippen molar-refractivity contribution in [1.29, 1.82) is 0 Å². The van der Waals surface area contributed by atoms with Crippen molar-refractivity contribution < 1.29 is 8.78 Å². The van der Waals surface area contributed by atoms with Gasteiger partial charge in [0.1, 0.15) is 0 Å². The first-order chi connectivity index (χ1) is 5.52. The van der Waals surface area contributed by atoms with Crippen LogP contribution in [-0.2, 0) is 0 Å². The Balaban J connectivity index is 3.68. The Hall–Kier alpha value is 0.290. The van der Waals surface area contributed by atoms with E-state index in [9.17, 15) is 8.78 Å². The predicted octanol–water partition coefficient (Wildman–Crippen LogP) is 3.90. The van der Waals surface area contributed by atoms with Gasteiger partial charge >= 0.3 is 0 Å². The van der Waals surface area contributed by atoms with Gasteiger partial charge in [0.2, 0.25) is 0 Å². The molecule has 3 heteroatoms. The predicted molar refractivity (Wildman–Crippen MR) is 52.8 cm³/mol. The summed E-state index contributed by atoms with van der Waals surface area (Å²) in [5.74, 6) is -2.47. The highest BCUT2D eigenvalue weighted by Gasteiger charge is 2.31. The van der Waals surface area contributed by atoms with Crippen molar-refractivity contribution in [3.63, 3.8) is 0 Å². The Bertz CT molecular complexity index is 110. The summed E-state index contributed by atoms with van der Waals surface area (Å²) < 4.78 is 25.6. The van der Waals surface area contributed by atoms with Crippen LogP contribution < -0.4 is 0 Å². The summed E-state index contributed by atoms with van der Waals surface area (Å²) in [6.45, 7) is 4.98. The van der Waals surface area contributed by atoms with Crippen LogP contribution in [0.5, 0.6) is 0 Å². The molecule has 0 saturated carbocycles. The van der Waals surface area contributed by atoms with E-state index >= 15 is 0 Å². The van der Waals surface area contributed by atoms with Crippen molar-refractivity contribution in [3.05, 3.63) is 0 Å². The minimum Gasteiger partial charge on any atom is -0.207 e. The van der Waals surface area contributed by atoms with Gasteiger partial charge in [0.05, 0.1) is 0 Å². The summed E-state index contributed by atoms with van der Waals surface area (Å²) in [5.41, 5.74) is -0.385. The van der Waals surface area contributed by atoms with Crippen LogP contribution in [0.1, 0.15) is 40.0 Å². The summed E-state index contributed by atoms with van der Waals surface area (Å²) in [5, 5.41) is 0. The summed E-state index contributed by atoms with van der Waals surface area (Å²) in [6.07, 6.45) is 3.77. The quantitative estimate of drug-likeness (QED) is 0.446. The first-order valence-corrected chi connectivity index (χ1v) is 5.92. The van der Waals surface area contributed by atoms with E-state index in [0.717, 1.165) is 25.9 Å². The minimum atomic E-state index is -2.47. The third kappa shape index (κ3) is 5.03. The molecule has 0 saturated heterocycles. The highest BCUT2D eigenvalue weighted by molar-refractivity contribution is 7.39. The van der Waals surface area contributed by atoms with Gasteiger partial charge in [-0.3, -0.25) is 0 Å². The lowest BCUT2D eigenvalue weighted by molar-refractivity contribution is 0.0178. The number of alkyl halides is 2. The van der Waals surface area contributed by atoms with Crippen LogP contribution in [0.4, 0.5) is 8.78 Å². The van der Waals surface area contributed by atoms with E-state index in [-0.39, 0.29) is 5.66 Å². The summed E-state index contributed by atoms with van der Waals surface area (Å²) in [4.78, 5) is 0. The summed E-state index contributed by atoms with van der Waals surface area (Å²) >= 11 is 0. The van der Waals surface area contributed by atoms with Gasteiger partial charge in [-0.05, 0) is 25.9 Å². The molecule has 0 aromatic rings. The zero-order valence-corrected chi connectivity index (χ0v) is 9.16. The fourth-order valence-corrected chi connectivity index (χ4v) is 2.69. The molecule has 0 aliphatic rings. The lowest BCUT2D eigenvalue weighted by Gasteiger charge is -2.21. The van der Waals surface area contributed by atoms with Crippen LogP contribution in [0.2, 0.25) is 0 Å². The third-order valence-electron chi connectivity index (χ3n) is 1.94. The molecule has 0 aromatic heterocycles. The van der Waals surface area contributed by atoms with E-state index in [2.05, 4.69) is 6.92 Å². The summed E-state index contributed by atoms with van der Waals surface area (Å²) in [6, 6.07) is 0. The largest absolute Gasteiger partial charge is 0.251 e. The maximum absolute atomic E-state index is 12.8. The highest BCUT2D eigenvalue weighted by Crippen LogP contribution is 2.35. The molecule has 0 radical (unpaired) electrons. The molecule has 0 N–H and O–H groups in total. The van der Waals surface area contributed by atoms with Crippen LogP contribution in [-0.4, -0.2) is 17.7 Å². The third-order valence-corrected chi connectivity index (χ3v) is 3.99. The average molecular weight is 196 g/mol. The molecule has 0 spiro atoms. The Morgan fingerprint density at radius 1 is 1.33 bits per heavy atom. The number of halogens is 2. The molecular formula is C9H19F2P. The number of unbranched alkanes of at least 4 members (excludes halogenated alkanes) is 1. The maximum atomic E-state index is 12.8. The normalized spacial score (nSPS) is 15.8. The maximum Gasteiger partial charge on any atom is 0.251 e. The number of hydrogen-bond acceptors (Lipinski definition) is 0. The Morgan fingerprint density at radius 2 is 1.92 bits per heavy atom. The molecule has 0 aromatic carbocycles. The van der Waals surface area contributed by atoms with Crippen LogP contribution >= 0.6 is 8.58 Å². The van der Waals surface area contributed by atoms with E-state index in [1.54, 1.807) is 0 Å². The zero-order chi connectivity index (χ0) is 9.61. The molecule has 12 heavy (non-hydrogen) atoms. The van der Waals surface area contributed by atoms with E-state index in [4.69, 9.17) is 0 Å². The molecule has 0 amide bonds. The van der Waals surface area contributed by atoms with Crippen molar-refractivity contribution >= 4 is 8.58 Å². The van der Waals surface area contributed by atoms with Crippen LogP contribution in [0, 0.1) is 0 Å². The SMILES string of the molecule is CCCCPC(CC)C(C)(F)F. The van der Waals surface area contributed by atoms with Crippen LogP contribution in [0.15, 0.2) is 0 Å². The standard InChI is InChI=1S/C9H19F2P/c1-4-6-7-12-8(5-2)9(3,10)11/h8,12H,4-7H2,1-3H3.